The van der Waals surface area contributed by atoms with E-state index >= 15 is 0 Å². The number of rotatable bonds is 7. The third-order valence-electron chi connectivity index (χ3n) is 6.47. The molecule has 0 bridgehead atoms. The van der Waals surface area contributed by atoms with Crippen molar-refractivity contribution in [2.75, 3.05) is 59.6 Å². The van der Waals surface area contributed by atoms with Crippen molar-refractivity contribution in [3.05, 3.63) is 65.3 Å². The molecule has 36 heavy (non-hydrogen) atoms. The van der Waals surface area contributed by atoms with Gasteiger partial charge < -0.3 is 19.9 Å². The van der Waals surface area contributed by atoms with Crippen LogP contribution in [0.1, 0.15) is 10.5 Å². The lowest BCUT2D eigenvalue weighted by atomic mass is 10.1. The van der Waals surface area contributed by atoms with Gasteiger partial charge in [-0.2, -0.15) is 5.10 Å². The van der Waals surface area contributed by atoms with E-state index in [2.05, 4.69) is 27.3 Å². The molecule has 9 nitrogen and oxygen atoms in total. The van der Waals surface area contributed by atoms with E-state index in [1.54, 1.807) is 22.9 Å². The molecule has 5 rings (SSSR count). The lowest BCUT2D eigenvalue weighted by Gasteiger charge is -2.32. The quantitative estimate of drug-likeness (QED) is 0.527. The number of aromatic nitrogens is 2. The van der Waals surface area contributed by atoms with Crippen LogP contribution in [0.3, 0.4) is 0 Å². The molecule has 2 saturated heterocycles. The molecule has 10 heteroatoms. The number of carbonyl (C=O) groups is 2. The van der Waals surface area contributed by atoms with Crippen molar-refractivity contribution in [1.29, 1.82) is 0 Å². The Bertz CT molecular complexity index is 1250. The first-order chi connectivity index (χ1) is 17.5. The van der Waals surface area contributed by atoms with Gasteiger partial charge in [-0.15, -0.1) is 0 Å². The molecule has 2 amide bonds. The van der Waals surface area contributed by atoms with E-state index in [1.165, 1.54) is 4.90 Å². The number of carbonyl (C=O) groups excluding carboxylic acids is 2. The summed E-state index contributed by atoms with van der Waals surface area (Å²) in [6, 6.07) is 16.8. The van der Waals surface area contributed by atoms with Gasteiger partial charge in [0.25, 0.3) is 5.91 Å². The Morgan fingerprint density at radius 1 is 1.08 bits per heavy atom. The van der Waals surface area contributed by atoms with Crippen LogP contribution in [-0.2, 0) is 4.79 Å². The molecule has 2 aliphatic heterocycles. The molecule has 3 aromatic rings. The van der Waals surface area contributed by atoms with Crippen LogP contribution in [0, 0.1) is 0 Å². The third-order valence-corrected chi connectivity index (χ3v) is 6.71. The first-order valence-electron chi connectivity index (χ1n) is 12.0. The van der Waals surface area contributed by atoms with Gasteiger partial charge in [0, 0.05) is 43.3 Å². The molecule has 3 heterocycles. The van der Waals surface area contributed by atoms with Gasteiger partial charge in [0.15, 0.2) is 5.69 Å². The summed E-state index contributed by atoms with van der Waals surface area (Å²) in [5.41, 5.74) is 2.56. The molecule has 0 aliphatic carbocycles. The number of piperazine rings is 1. The number of ether oxygens (including phenoxy) is 1. The highest BCUT2D eigenvalue weighted by molar-refractivity contribution is 6.30. The summed E-state index contributed by atoms with van der Waals surface area (Å²) in [5.74, 6) is 0.261. The molecule has 0 spiro atoms. The van der Waals surface area contributed by atoms with Crippen LogP contribution >= 0.6 is 11.6 Å². The first-order valence-corrected chi connectivity index (χ1v) is 12.4. The van der Waals surface area contributed by atoms with Crippen LogP contribution in [0.4, 0.5) is 0 Å². The highest BCUT2D eigenvalue weighted by Gasteiger charge is 2.27. The predicted molar refractivity (Wildman–Crippen MR) is 137 cm³/mol. The van der Waals surface area contributed by atoms with Gasteiger partial charge in [0.05, 0.1) is 18.1 Å². The Morgan fingerprint density at radius 2 is 1.89 bits per heavy atom. The second-order valence-electron chi connectivity index (χ2n) is 9.09. The van der Waals surface area contributed by atoms with E-state index in [9.17, 15) is 9.59 Å². The number of hydrogen-bond donors (Lipinski definition) is 1. The van der Waals surface area contributed by atoms with Gasteiger partial charge in [-0.25, -0.2) is 4.68 Å². The monoisotopic (exact) mass is 508 g/mol. The van der Waals surface area contributed by atoms with Crippen molar-refractivity contribution in [3.8, 4) is 22.7 Å². The van der Waals surface area contributed by atoms with Crippen molar-refractivity contribution < 1.29 is 14.3 Å². The fraction of sp³-hybridized carbons (Fsp3) is 0.346. The van der Waals surface area contributed by atoms with Crippen LogP contribution in [-0.4, -0.2) is 95.9 Å². The second-order valence-corrected chi connectivity index (χ2v) is 9.53. The molecular weight excluding hydrogens is 480 g/mol. The fourth-order valence-electron chi connectivity index (χ4n) is 4.38. The summed E-state index contributed by atoms with van der Waals surface area (Å²) in [6.07, 6.45) is 0. The van der Waals surface area contributed by atoms with Crippen LogP contribution in [0.15, 0.2) is 54.6 Å². The summed E-state index contributed by atoms with van der Waals surface area (Å²) in [6.45, 7) is 5.92. The minimum absolute atomic E-state index is 0.0226. The maximum atomic E-state index is 13.1. The van der Waals surface area contributed by atoms with E-state index in [0.29, 0.717) is 11.6 Å². The number of benzene rings is 2. The van der Waals surface area contributed by atoms with E-state index in [-0.39, 0.29) is 30.7 Å². The standard InChI is InChI=1S/C26H29ClN6O3/c1-30-8-10-31(11-9-30)12-13-36-22-7-2-4-19(14-22)24-16-23(26(35)32-17-25(34)28-18-32)29-33(24)21-6-3-5-20(27)15-21/h2-7,14-16H,8-13,17-18H2,1H3,(H,28,34). The molecular formula is C26H29ClN6O3. The van der Waals surface area contributed by atoms with Crippen LogP contribution in [0.25, 0.3) is 16.9 Å². The van der Waals surface area contributed by atoms with Crippen LogP contribution in [0.2, 0.25) is 5.02 Å². The molecule has 0 atom stereocenters. The van der Waals surface area contributed by atoms with Gasteiger partial charge in [-0.1, -0.05) is 29.8 Å². The Kier molecular flexibility index (Phi) is 7.22. The number of nitrogens with one attached hydrogen (secondary N) is 1. The average Bonchev–Trinajstić information content (AvgIpc) is 3.52. The minimum atomic E-state index is -0.310. The van der Waals surface area contributed by atoms with Gasteiger partial charge >= 0.3 is 0 Å². The highest BCUT2D eigenvalue weighted by atomic mass is 35.5. The predicted octanol–water partition coefficient (Wildman–Crippen LogP) is 2.35. The second kappa shape index (κ2) is 10.7. The fourth-order valence-corrected chi connectivity index (χ4v) is 4.56. The molecule has 0 radical (unpaired) electrons. The zero-order valence-corrected chi connectivity index (χ0v) is 20.9. The van der Waals surface area contributed by atoms with E-state index in [1.807, 2.05) is 36.4 Å². The van der Waals surface area contributed by atoms with Crippen LogP contribution < -0.4 is 10.1 Å². The van der Waals surface area contributed by atoms with Gasteiger partial charge in [0.1, 0.15) is 18.9 Å². The molecule has 2 aliphatic rings. The zero-order valence-electron chi connectivity index (χ0n) is 20.2. The Morgan fingerprint density at radius 3 is 2.64 bits per heavy atom. The summed E-state index contributed by atoms with van der Waals surface area (Å²) < 4.78 is 7.78. The number of likely N-dealkylation sites (N-methyl/N-ethyl adjacent to an activating group) is 1. The number of amides is 2. The lowest BCUT2D eigenvalue weighted by molar-refractivity contribution is -0.118. The topological polar surface area (TPSA) is 82.9 Å². The number of halogens is 1. The van der Waals surface area contributed by atoms with E-state index in [0.717, 1.165) is 55.4 Å². The van der Waals surface area contributed by atoms with Crippen molar-refractivity contribution in [2.24, 2.45) is 0 Å². The van der Waals surface area contributed by atoms with Crippen molar-refractivity contribution in [2.45, 2.75) is 0 Å². The maximum absolute atomic E-state index is 13.1. The van der Waals surface area contributed by atoms with Crippen molar-refractivity contribution >= 4 is 23.4 Å². The Labute approximate surface area is 215 Å². The lowest BCUT2D eigenvalue weighted by Crippen LogP contribution is -2.45. The Hall–Kier alpha value is -3.40. The molecule has 2 aromatic carbocycles. The van der Waals surface area contributed by atoms with Gasteiger partial charge in [0.2, 0.25) is 5.91 Å². The van der Waals surface area contributed by atoms with E-state index < -0.39 is 0 Å². The minimum Gasteiger partial charge on any atom is -0.492 e. The summed E-state index contributed by atoms with van der Waals surface area (Å²) >= 11 is 6.25. The number of nitrogens with zero attached hydrogens (tertiary/aromatic N) is 5. The van der Waals surface area contributed by atoms with Crippen LogP contribution in [0.5, 0.6) is 5.75 Å². The largest absolute Gasteiger partial charge is 0.492 e. The summed E-state index contributed by atoms with van der Waals surface area (Å²) in [7, 11) is 2.15. The molecule has 188 valence electrons. The van der Waals surface area contributed by atoms with Gasteiger partial charge in [-0.05, 0) is 43.4 Å². The summed E-state index contributed by atoms with van der Waals surface area (Å²) in [4.78, 5) is 30.9. The zero-order chi connectivity index (χ0) is 25.1. The highest BCUT2D eigenvalue weighted by Crippen LogP contribution is 2.28. The molecule has 1 aromatic heterocycles. The number of hydrogen-bond acceptors (Lipinski definition) is 6. The molecule has 0 saturated carbocycles. The third kappa shape index (κ3) is 5.53. The maximum Gasteiger partial charge on any atom is 0.276 e. The van der Waals surface area contributed by atoms with Crippen molar-refractivity contribution in [3.63, 3.8) is 0 Å². The molecule has 1 N–H and O–H groups in total. The smallest absolute Gasteiger partial charge is 0.276 e. The van der Waals surface area contributed by atoms with Crippen molar-refractivity contribution in [1.82, 2.24) is 29.8 Å². The SMILES string of the molecule is CN1CCN(CCOc2cccc(-c3cc(C(=O)N4CNC(=O)C4)nn3-c3cccc(Cl)c3)c2)CC1. The molecule has 2 fully saturated rings. The molecule has 0 unspecified atom stereocenters. The Balaban J connectivity index is 1.39. The van der Waals surface area contributed by atoms with E-state index in [4.69, 9.17) is 16.3 Å². The average molecular weight is 509 g/mol. The summed E-state index contributed by atoms with van der Waals surface area (Å²) in [5, 5.41) is 7.83. The first kappa shape index (κ1) is 24.3. The van der Waals surface area contributed by atoms with Gasteiger partial charge in [-0.3, -0.25) is 14.5 Å². The normalized spacial score (nSPS) is 16.8.